The number of alkyl halides is 1. The summed E-state index contributed by atoms with van der Waals surface area (Å²) in [4.78, 5) is 0. The number of hydrogen-bond acceptors (Lipinski definition) is 1. The van der Waals surface area contributed by atoms with Crippen LogP contribution in [0.3, 0.4) is 0 Å². The van der Waals surface area contributed by atoms with Crippen molar-refractivity contribution in [2.75, 3.05) is 12.4 Å². The molecule has 100 valence electrons. The van der Waals surface area contributed by atoms with Crippen molar-refractivity contribution in [2.45, 2.75) is 25.8 Å². The van der Waals surface area contributed by atoms with Gasteiger partial charge in [0.1, 0.15) is 5.82 Å². The monoisotopic (exact) mass is 289 g/mol. The molecule has 2 rings (SSSR count). The van der Waals surface area contributed by atoms with Crippen LogP contribution in [0.2, 0.25) is 5.02 Å². The lowest BCUT2D eigenvalue weighted by molar-refractivity contribution is 0.395. The van der Waals surface area contributed by atoms with E-state index in [1.165, 1.54) is 25.3 Å². The highest BCUT2D eigenvalue weighted by Gasteiger charge is 2.25. The molecule has 1 aliphatic carbocycles. The average molecular weight is 290 g/mol. The second-order valence-corrected chi connectivity index (χ2v) is 5.70. The smallest absolute Gasteiger partial charge is 0.141 e. The van der Waals surface area contributed by atoms with E-state index in [4.69, 9.17) is 23.2 Å². The maximum absolute atomic E-state index is 13.0. The van der Waals surface area contributed by atoms with E-state index in [0.29, 0.717) is 11.8 Å². The molecule has 0 spiro atoms. The third kappa shape index (κ3) is 3.59. The summed E-state index contributed by atoms with van der Waals surface area (Å²) in [5.41, 5.74) is 1.02. The van der Waals surface area contributed by atoms with Crippen molar-refractivity contribution >= 4 is 23.2 Å². The zero-order valence-corrected chi connectivity index (χ0v) is 11.8. The predicted molar refractivity (Wildman–Crippen MR) is 74.7 cm³/mol. The molecule has 0 heterocycles. The molecule has 1 N–H and O–H groups in total. The maximum atomic E-state index is 13.0. The molecule has 0 aromatic heterocycles. The van der Waals surface area contributed by atoms with Crippen molar-refractivity contribution < 1.29 is 4.39 Å². The van der Waals surface area contributed by atoms with Crippen LogP contribution in [0.25, 0.3) is 0 Å². The fourth-order valence-corrected chi connectivity index (χ4v) is 3.25. The van der Waals surface area contributed by atoms with E-state index < -0.39 is 0 Å². The molecular formula is C14H18Cl2FN. The van der Waals surface area contributed by atoms with E-state index in [9.17, 15) is 4.39 Å². The fourth-order valence-electron chi connectivity index (χ4n) is 2.64. The molecule has 0 bridgehead atoms. The van der Waals surface area contributed by atoms with Gasteiger partial charge in [-0.05, 0) is 48.9 Å². The van der Waals surface area contributed by atoms with Crippen LogP contribution in [0, 0.1) is 17.7 Å². The Hall–Kier alpha value is -0.310. The Balaban J connectivity index is 1.79. The van der Waals surface area contributed by atoms with E-state index in [2.05, 4.69) is 5.32 Å². The summed E-state index contributed by atoms with van der Waals surface area (Å²) in [6, 6.07) is 4.86. The summed E-state index contributed by atoms with van der Waals surface area (Å²) in [5.74, 6) is 1.72. The molecule has 0 amide bonds. The van der Waals surface area contributed by atoms with Crippen LogP contribution in [-0.4, -0.2) is 12.4 Å². The molecule has 0 aliphatic heterocycles. The van der Waals surface area contributed by atoms with Crippen LogP contribution in [-0.2, 0) is 6.54 Å². The van der Waals surface area contributed by atoms with Gasteiger partial charge in [-0.2, -0.15) is 0 Å². The molecule has 1 aromatic rings. The van der Waals surface area contributed by atoms with Gasteiger partial charge in [-0.3, -0.25) is 0 Å². The molecule has 0 radical (unpaired) electrons. The van der Waals surface area contributed by atoms with E-state index in [1.54, 1.807) is 12.1 Å². The van der Waals surface area contributed by atoms with Crippen molar-refractivity contribution in [2.24, 2.45) is 11.8 Å². The van der Waals surface area contributed by atoms with Gasteiger partial charge in [-0.25, -0.2) is 4.39 Å². The number of nitrogens with one attached hydrogen (secondary N) is 1. The highest BCUT2D eigenvalue weighted by Crippen LogP contribution is 2.32. The second-order valence-electron chi connectivity index (χ2n) is 4.98. The van der Waals surface area contributed by atoms with Gasteiger partial charge in [-0.15, -0.1) is 11.6 Å². The minimum absolute atomic E-state index is 0.189. The third-order valence-electron chi connectivity index (χ3n) is 3.73. The van der Waals surface area contributed by atoms with E-state index in [0.717, 1.165) is 24.5 Å². The standard InChI is InChI=1S/C14H18Cl2FN/c15-7-11-2-1-3-12(11)9-18-8-10-4-5-14(17)13(16)6-10/h4-6,11-12,18H,1-3,7-9H2. The Labute approximate surface area is 118 Å². The molecule has 1 saturated carbocycles. The molecule has 2 atom stereocenters. The zero-order valence-electron chi connectivity index (χ0n) is 10.3. The first-order chi connectivity index (χ1) is 8.70. The Morgan fingerprint density at radius 1 is 1.28 bits per heavy atom. The van der Waals surface area contributed by atoms with Gasteiger partial charge < -0.3 is 5.32 Å². The first-order valence-electron chi connectivity index (χ1n) is 6.41. The Morgan fingerprint density at radius 3 is 2.78 bits per heavy atom. The second kappa shape index (κ2) is 6.74. The summed E-state index contributed by atoms with van der Waals surface area (Å²) in [5, 5.41) is 3.60. The summed E-state index contributed by atoms with van der Waals surface area (Å²) >= 11 is 11.7. The number of rotatable bonds is 5. The average Bonchev–Trinajstić information content (AvgIpc) is 2.81. The molecule has 1 aliphatic rings. The molecule has 18 heavy (non-hydrogen) atoms. The van der Waals surface area contributed by atoms with Crippen LogP contribution >= 0.6 is 23.2 Å². The summed E-state index contributed by atoms with van der Waals surface area (Å²) in [6.45, 7) is 1.71. The summed E-state index contributed by atoms with van der Waals surface area (Å²) in [7, 11) is 0. The van der Waals surface area contributed by atoms with Crippen LogP contribution in [0.1, 0.15) is 24.8 Å². The highest BCUT2D eigenvalue weighted by molar-refractivity contribution is 6.30. The molecule has 4 heteroatoms. The van der Waals surface area contributed by atoms with Crippen molar-refractivity contribution in [1.82, 2.24) is 5.32 Å². The lowest BCUT2D eigenvalue weighted by Crippen LogP contribution is -2.25. The normalized spacial score (nSPS) is 23.5. The Kier molecular flexibility index (Phi) is 5.28. The van der Waals surface area contributed by atoms with Crippen LogP contribution in [0.5, 0.6) is 0 Å². The van der Waals surface area contributed by atoms with Crippen LogP contribution in [0.4, 0.5) is 4.39 Å². The Morgan fingerprint density at radius 2 is 2.06 bits per heavy atom. The molecular weight excluding hydrogens is 272 g/mol. The SMILES string of the molecule is Fc1ccc(CNCC2CCCC2CCl)cc1Cl. The van der Waals surface area contributed by atoms with Gasteiger partial charge in [0.2, 0.25) is 0 Å². The van der Waals surface area contributed by atoms with Crippen molar-refractivity contribution in [3.63, 3.8) is 0 Å². The van der Waals surface area contributed by atoms with Gasteiger partial charge in [-0.1, -0.05) is 24.1 Å². The lowest BCUT2D eigenvalue weighted by atomic mass is 9.98. The van der Waals surface area contributed by atoms with Crippen molar-refractivity contribution in [3.05, 3.63) is 34.6 Å². The van der Waals surface area contributed by atoms with Crippen LogP contribution in [0.15, 0.2) is 18.2 Å². The van der Waals surface area contributed by atoms with E-state index >= 15 is 0 Å². The summed E-state index contributed by atoms with van der Waals surface area (Å²) < 4.78 is 13.0. The van der Waals surface area contributed by atoms with Crippen LogP contribution < -0.4 is 5.32 Å². The maximum Gasteiger partial charge on any atom is 0.141 e. The van der Waals surface area contributed by atoms with Gasteiger partial charge in [0, 0.05) is 12.4 Å². The van der Waals surface area contributed by atoms with E-state index in [-0.39, 0.29) is 10.8 Å². The van der Waals surface area contributed by atoms with E-state index in [1.807, 2.05) is 0 Å². The minimum Gasteiger partial charge on any atom is -0.312 e. The minimum atomic E-state index is -0.363. The van der Waals surface area contributed by atoms with Gasteiger partial charge >= 0.3 is 0 Å². The first-order valence-corrected chi connectivity index (χ1v) is 7.32. The topological polar surface area (TPSA) is 12.0 Å². The van der Waals surface area contributed by atoms with Crippen molar-refractivity contribution in [3.8, 4) is 0 Å². The predicted octanol–water partition coefficient (Wildman–Crippen LogP) is 4.22. The Bertz CT molecular complexity index is 397. The lowest BCUT2D eigenvalue weighted by Gasteiger charge is -2.17. The quantitative estimate of drug-likeness (QED) is 0.800. The largest absolute Gasteiger partial charge is 0.312 e. The molecule has 0 saturated heterocycles. The number of benzene rings is 1. The number of halogens is 3. The molecule has 2 unspecified atom stereocenters. The molecule has 1 aromatic carbocycles. The zero-order chi connectivity index (χ0) is 13.0. The van der Waals surface area contributed by atoms with Gasteiger partial charge in [0.25, 0.3) is 0 Å². The van der Waals surface area contributed by atoms with Crippen molar-refractivity contribution in [1.29, 1.82) is 0 Å². The molecule has 1 fully saturated rings. The first kappa shape index (κ1) is 14.1. The van der Waals surface area contributed by atoms with Gasteiger partial charge in [0.05, 0.1) is 5.02 Å². The number of hydrogen-bond donors (Lipinski definition) is 1. The summed E-state index contributed by atoms with van der Waals surface area (Å²) in [6.07, 6.45) is 3.79. The van der Waals surface area contributed by atoms with Gasteiger partial charge in [0.15, 0.2) is 0 Å². The molecule has 1 nitrogen and oxygen atoms in total. The third-order valence-corrected chi connectivity index (χ3v) is 4.42. The highest BCUT2D eigenvalue weighted by atomic mass is 35.5. The fraction of sp³-hybridized carbons (Fsp3) is 0.571.